The van der Waals surface area contributed by atoms with Gasteiger partial charge < -0.3 is 4.90 Å². The Labute approximate surface area is 76.1 Å². The van der Waals surface area contributed by atoms with Crippen molar-refractivity contribution in [3.8, 4) is 0 Å². The molecule has 0 aliphatic rings. The quantitative estimate of drug-likeness (QED) is 0.566. The van der Waals surface area contributed by atoms with E-state index in [9.17, 15) is 0 Å². The molecule has 0 unspecified atom stereocenters. The lowest BCUT2D eigenvalue weighted by Crippen LogP contribution is -2.20. The summed E-state index contributed by atoms with van der Waals surface area (Å²) in [6, 6.07) is 0. The largest absolute Gasteiger partial charge is 0.372 e. The molecule has 68 valence electrons. The molecule has 0 aliphatic carbocycles. The highest BCUT2D eigenvalue weighted by Crippen LogP contribution is 2.05. The average molecular weight is 165 g/mol. The van der Waals surface area contributed by atoms with Gasteiger partial charge in [-0.2, -0.15) is 0 Å². The summed E-state index contributed by atoms with van der Waals surface area (Å²) in [5.41, 5.74) is 1.23. The van der Waals surface area contributed by atoms with Crippen molar-refractivity contribution < 1.29 is 0 Å². The topological polar surface area (TPSA) is 3.24 Å². The summed E-state index contributed by atoms with van der Waals surface area (Å²) < 4.78 is 0. The Balaban J connectivity index is 4.46. The van der Waals surface area contributed by atoms with Gasteiger partial charge in [-0.1, -0.05) is 18.7 Å². The second-order valence-electron chi connectivity index (χ2n) is 2.50. The van der Waals surface area contributed by atoms with Gasteiger partial charge in [0.25, 0.3) is 0 Å². The van der Waals surface area contributed by atoms with Crippen LogP contribution in [0, 0.1) is 0 Å². The van der Waals surface area contributed by atoms with Gasteiger partial charge in [-0.05, 0) is 32.9 Å². The lowest BCUT2D eigenvalue weighted by atomic mass is 10.3. The third-order valence-corrected chi connectivity index (χ3v) is 1.75. The SMILES string of the molecule is C=C/C=C(\C=C/C)N(CC)CC. The molecule has 0 heterocycles. The number of hydrogen-bond acceptors (Lipinski definition) is 1. The Hall–Kier alpha value is -0.980. The number of hydrogen-bond donors (Lipinski definition) is 0. The first-order valence-corrected chi connectivity index (χ1v) is 4.50. The summed E-state index contributed by atoms with van der Waals surface area (Å²) in [5, 5.41) is 0. The second-order valence-corrected chi connectivity index (χ2v) is 2.50. The van der Waals surface area contributed by atoms with Crippen molar-refractivity contribution in [2.45, 2.75) is 20.8 Å². The molecule has 0 aliphatic heterocycles. The molecule has 0 aromatic rings. The van der Waals surface area contributed by atoms with Gasteiger partial charge >= 0.3 is 0 Å². The maximum absolute atomic E-state index is 3.70. The summed E-state index contributed by atoms with van der Waals surface area (Å²) in [7, 11) is 0. The number of rotatable bonds is 5. The average Bonchev–Trinajstić information content (AvgIpc) is 2.07. The van der Waals surface area contributed by atoms with Crippen molar-refractivity contribution >= 4 is 0 Å². The van der Waals surface area contributed by atoms with Crippen LogP contribution in [0.15, 0.2) is 36.6 Å². The van der Waals surface area contributed by atoms with E-state index in [0.29, 0.717) is 0 Å². The Morgan fingerprint density at radius 2 is 1.92 bits per heavy atom. The molecule has 0 radical (unpaired) electrons. The Kier molecular flexibility index (Phi) is 6.16. The molecule has 0 amide bonds. The van der Waals surface area contributed by atoms with E-state index in [1.807, 2.05) is 25.2 Å². The van der Waals surface area contributed by atoms with E-state index in [1.165, 1.54) is 5.70 Å². The van der Waals surface area contributed by atoms with E-state index < -0.39 is 0 Å². The van der Waals surface area contributed by atoms with Gasteiger partial charge in [-0.15, -0.1) is 0 Å². The van der Waals surface area contributed by atoms with E-state index in [1.54, 1.807) is 0 Å². The fourth-order valence-corrected chi connectivity index (χ4v) is 1.15. The number of allylic oxidation sites excluding steroid dienone is 4. The van der Waals surface area contributed by atoms with Crippen LogP contribution in [0.4, 0.5) is 0 Å². The molecule has 0 N–H and O–H groups in total. The summed E-state index contributed by atoms with van der Waals surface area (Å²) in [4.78, 5) is 2.29. The van der Waals surface area contributed by atoms with Crippen molar-refractivity contribution in [3.05, 3.63) is 36.6 Å². The van der Waals surface area contributed by atoms with Gasteiger partial charge in [0.2, 0.25) is 0 Å². The smallest absolute Gasteiger partial charge is 0.0362 e. The zero-order chi connectivity index (χ0) is 9.40. The fraction of sp³-hybridized carbons (Fsp3) is 0.455. The molecular weight excluding hydrogens is 146 g/mol. The van der Waals surface area contributed by atoms with Crippen molar-refractivity contribution in [1.29, 1.82) is 0 Å². The van der Waals surface area contributed by atoms with E-state index in [0.717, 1.165) is 13.1 Å². The van der Waals surface area contributed by atoms with Crippen LogP contribution in [0.2, 0.25) is 0 Å². The third kappa shape index (κ3) is 3.42. The normalized spacial score (nSPS) is 12.1. The first-order chi connectivity index (χ1) is 5.79. The predicted molar refractivity (Wildman–Crippen MR) is 56.0 cm³/mol. The van der Waals surface area contributed by atoms with Crippen LogP contribution in [-0.4, -0.2) is 18.0 Å². The summed E-state index contributed by atoms with van der Waals surface area (Å²) in [6.45, 7) is 12.1. The zero-order valence-corrected chi connectivity index (χ0v) is 8.38. The molecule has 12 heavy (non-hydrogen) atoms. The summed E-state index contributed by atoms with van der Waals surface area (Å²) >= 11 is 0. The molecule has 0 spiro atoms. The fourth-order valence-electron chi connectivity index (χ4n) is 1.15. The number of nitrogens with zero attached hydrogens (tertiary/aromatic N) is 1. The molecule has 0 aromatic carbocycles. The van der Waals surface area contributed by atoms with Crippen LogP contribution in [0.5, 0.6) is 0 Å². The Morgan fingerprint density at radius 3 is 2.25 bits per heavy atom. The van der Waals surface area contributed by atoms with E-state index in [2.05, 4.69) is 31.4 Å². The minimum absolute atomic E-state index is 1.04. The first kappa shape index (κ1) is 11.0. The summed E-state index contributed by atoms with van der Waals surface area (Å²) in [6.07, 6.45) is 8.02. The minimum Gasteiger partial charge on any atom is -0.372 e. The minimum atomic E-state index is 1.04. The second kappa shape index (κ2) is 6.71. The lowest BCUT2D eigenvalue weighted by Gasteiger charge is -2.21. The molecular formula is C11H19N. The lowest BCUT2D eigenvalue weighted by molar-refractivity contribution is 0.394. The maximum atomic E-state index is 3.70. The molecule has 0 bridgehead atoms. The zero-order valence-electron chi connectivity index (χ0n) is 8.38. The molecule has 0 aromatic heterocycles. The summed E-state index contributed by atoms with van der Waals surface area (Å²) in [5.74, 6) is 0. The van der Waals surface area contributed by atoms with Crippen LogP contribution >= 0.6 is 0 Å². The van der Waals surface area contributed by atoms with Crippen LogP contribution in [0.1, 0.15) is 20.8 Å². The highest BCUT2D eigenvalue weighted by atomic mass is 15.1. The van der Waals surface area contributed by atoms with Gasteiger partial charge in [0.15, 0.2) is 0 Å². The monoisotopic (exact) mass is 165 g/mol. The van der Waals surface area contributed by atoms with Crippen molar-refractivity contribution in [3.63, 3.8) is 0 Å². The highest BCUT2D eigenvalue weighted by Gasteiger charge is 1.98. The molecule has 0 atom stereocenters. The van der Waals surface area contributed by atoms with Crippen LogP contribution < -0.4 is 0 Å². The Bertz CT molecular complexity index is 173. The third-order valence-electron chi connectivity index (χ3n) is 1.75. The van der Waals surface area contributed by atoms with Gasteiger partial charge in [0, 0.05) is 18.8 Å². The van der Waals surface area contributed by atoms with Crippen LogP contribution in [0.25, 0.3) is 0 Å². The number of likely N-dealkylation sites (N-methyl/N-ethyl adjacent to an activating group) is 1. The van der Waals surface area contributed by atoms with Crippen LogP contribution in [-0.2, 0) is 0 Å². The van der Waals surface area contributed by atoms with Gasteiger partial charge in [0.05, 0.1) is 0 Å². The molecule has 1 nitrogen and oxygen atoms in total. The van der Waals surface area contributed by atoms with Gasteiger partial charge in [-0.3, -0.25) is 0 Å². The van der Waals surface area contributed by atoms with Gasteiger partial charge in [0.1, 0.15) is 0 Å². The highest BCUT2D eigenvalue weighted by molar-refractivity contribution is 5.21. The standard InChI is InChI=1S/C11H19N/c1-5-9-11(10-6-2)12(7-3)8-4/h5-6,9-10H,1,7-8H2,2-4H3/b10-6-,11-9+. The van der Waals surface area contributed by atoms with Crippen molar-refractivity contribution in [2.24, 2.45) is 0 Å². The first-order valence-electron chi connectivity index (χ1n) is 4.50. The predicted octanol–water partition coefficient (Wildman–Crippen LogP) is 2.97. The van der Waals surface area contributed by atoms with Crippen molar-refractivity contribution in [2.75, 3.05) is 13.1 Å². The van der Waals surface area contributed by atoms with Crippen LogP contribution in [0.3, 0.4) is 0 Å². The molecule has 0 fully saturated rings. The van der Waals surface area contributed by atoms with E-state index in [-0.39, 0.29) is 0 Å². The molecule has 1 heteroatoms. The van der Waals surface area contributed by atoms with Gasteiger partial charge in [-0.25, -0.2) is 0 Å². The molecule has 0 rings (SSSR count). The molecule has 0 saturated carbocycles. The Morgan fingerprint density at radius 1 is 1.33 bits per heavy atom. The van der Waals surface area contributed by atoms with E-state index >= 15 is 0 Å². The van der Waals surface area contributed by atoms with E-state index in [4.69, 9.17) is 0 Å². The maximum Gasteiger partial charge on any atom is 0.0362 e. The van der Waals surface area contributed by atoms with Crippen molar-refractivity contribution in [1.82, 2.24) is 4.90 Å². The molecule has 0 saturated heterocycles.